The second-order valence-corrected chi connectivity index (χ2v) is 6.51. The van der Waals surface area contributed by atoms with Gasteiger partial charge < -0.3 is 10.5 Å². The number of amides is 3. The molecule has 1 atom stereocenters. The number of benzene rings is 1. The van der Waals surface area contributed by atoms with Crippen molar-refractivity contribution in [2.75, 3.05) is 5.75 Å². The monoisotopic (exact) mass is 388 g/mol. The van der Waals surface area contributed by atoms with Gasteiger partial charge in [-0.25, -0.2) is 4.79 Å². The third-order valence-corrected chi connectivity index (χ3v) is 4.71. The van der Waals surface area contributed by atoms with Crippen LogP contribution in [0.5, 0.6) is 0 Å². The first-order valence-electron chi connectivity index (χ1n) is 6.40. The van der Waals surface area contributed by atoms with Gasteiger partial charge in [-0.15, -0.1) is 11.8 Å². The SMILES string of the molecule is Cc1cc(SCC(=O)O[C@@H](C)C(=O)NC(N)=O)c(C)cc1Br. The number of halogens is 1. The second kappa shape index (κ2) is 8.19. The summed E-state index contributed by atoms with van der Waals surface area (Å²) >= 11 is 4.77. The van der Waals surface area contributed by atoms with Gasteiger partial charge in [-0.1, -0.05) is 15.9 Å². The number of nitrogens with one attached hydrogen (secondary N) is 1. The van der Waals surface area contributed by atoms with Crippen molar-refractivity contribution in [1.82, 2.24) is 5.32 Å². The third kappa shape index (κ3) is 5.69. The van der Waals surface area contributed by atoms with E-state index in [9.17, 15) is 14.4 Å². The smallest absolute Gasteiger partial charge is 0.318 e. The molecule has 22 heavy (non-hydrogen) atoms. The Bertz CT molecular complexity index is 607. The van der Waals surface area contributed by atoms with Crippen molar-refractivity contribution >= 4 is 45.6 Å². The van der Waals surface area contributed by atoms with Crippen molar-refractivity contribution in [2.24, 2.45) is 5.73 Å². The van der Waals surface area contributed by atoms with Crippen molar-refractivity contribution in [2.45, 2.75) is 31.8 Å². The van der Waals surface area contributed by atoms with Gasteiger partial charge in [0.15, 0.2) is 6.10 Å². The number of primary amides is 1. The maximum Gasteiger partial charge on any atom is 0.318 e. The number of carbonyl (C=O) groups excluding carboxylic acids is 3. The summed E-state index contributed by atoms with van der Waals surface area (Å²) in [6, 6.07) is 2.97. The van der Waals surface area contributed by atoms with E-state index in [-0.39, 0.29) is 5.75 Å². The summed E-state index contributed by atoms with van der Waals surface area (Å²) in [6.45, 7) is 5.28. The van der Waals surface area contributed by atoms with Crippen molar-refractivity contribution in [3.63, 3.8) is 0 Å². The van der Waals surface area contributed by atoms with Crippen molar-refractivity contribution in [3.05, 3.63) is 27.7 Å². The van der Waals surface area contributed by atoms with Crippen LogP contribution in [0, 0.1) is 13.8 Å². The van der Waals surface area contributed by atoms with Gasteiger partial charge in [0.25, 0.3) is 5.91 Å². The van der Waals surface area contributed by atoms with E-state index >= 15 is 0 Å². The number of urea groups is 1. The molecule has 0 heterocycles. The Labute approximate surface area is 141 Å². The molecule has 0 aromatic heterocycles. The molecule has 1 rings (SSSR count). The summed E-state index contributed by atoms with van der Waals surface area (Å²) in [5, 5.41) is 1.86. The molecule has 0 bridgehead atoms. The molecule has 0 saturated carbocycles. The molecular formula is C14H17BrN2O4S. The van der Waals surface area contributed by atoms with E-state index < -0.39 is 24.0 Å². The lowest BCUT2D eigenvalue weighted by molar-refractivity contribution is -0.151. The van der Waals surface area contributed by atoms with Crippen LogP contribution in [-0.2, 0) is 14.3 Å². The second-order valence-electron chi connectivity index (χ2n) is 4.64. The van der Waals surface area contributed by atoms with Crippen molar-refractivity contribution in [3.8, 4) is 0 Å². The molecule has 1 aromatic carbocycles. The Morgan fingerprint density at radius 3 is 2.55 bits per heavy atom. The number of ether oxygens (including phenoxy) is 1. The van der Waals surface area contributed by atoms with E-state index in [1.54, 1.807) is 0 Å². The Kier molecular flexibility index (Phi) is 6.89. The molecule has 0 aliphatic carbocycles. The summed E-state index contributed by atoms with van der Waals surface area (Å²) in [5.41, 5.74) is 6.92. The Morgan fingerprint density at radius 2 is 1.95 bits per heavy atom. The van der Waals surface area contributed by atoms with Gasteiger partial charge in [0.1, 0.15) is 0 Å². The number of thioether (sulfide) groups is 1. The minimum atomic E-state index is -1.08. The molecular weight excluding hydrogens is 372 g/mol. The number of rotatable bonds is 5. The van der Waals surface area contributed by atoms with Gasteiger partial charge >= 0.3 is 12.0 Å². The number of nitrogens with two attached hydrogens (primary N) is 1. The van der Waals surface area contributed by atoms with Gasteiger partial charge in [-0.05, 0) is 44.0 Å². The Hall–Kier alpha value is -1.54. The topological polar surface area (TPSA) is 98.5 Å². The number of imide groups is 1. The fourth-order valence-electron chi connectivity index (χ4n) is 1.55. The lowest BCUT2D eigenvalue weighted by Gasteiger charge is -2.12. The normalized spacial score (nSPS) is 11.6. The highest BCUT2D eigenvalue weighted by Gasteiger charge is 2.19. The first-order chi connectivity index (χ1) is 10.2. The molecule has 0 unspecified atom stereocenters. The summed E-state index contributed by atoms with van der Waals surface area (Å²) < 4.78 is 5.95. The molecule has 1 aromatic rings. The van der Waals surface area contributed by atoms with Crippen LogP contribution in [0.25, 0.3) is 0 Å². The van der Waals surface area contributed by atoms with Crippen LogP contribution in [0.3, 0.4) is 0 Å². The molecule has 0 fully saturated rings. The van der Waals surface area contributed by atoms with E-state index in [4.69, 9.17) is 10.5 Å². The first kappa shape index (κ1) is 18.5. The molecule has 8 heteroatoms. The van der Waals surface area contributed by atoms with Crippen molar-refractivity contribution < 1.29 is 19.1 Å². The van der Waals surface area contributed by atoms with Crippen LogP contribution >= 0.6 is 27.7 Å². The van der Waals surface area contributed by atoms with Gasteiger partial charge in [0.05, 0.1) is 5.75 Å². The number of esters is 1. The zero-order chi connectivity index (χ0) is 16.9. The maximum absolute atomic E-state index is 11.7. The van der Waals surface area contributed by atoms with Crippen LogP contribution in [0.4, 0.5) is 4.79 Å². The van der Waals surface area contributed by atoms with Crippen LogP contribution in [0.2, 0.25) is 0 Å². The number of carbonyl (C=O) groups is 3. The Balaban J connectivity index is 2.55. The minimum Gasteiger partial charge on any atom is -0.452 e. The predicted octanol–water partition coefficient (Wildman–Crippen LogP) is 2.28. The molecule has 0 radical (unpaired) electrons. The van der Waals surface area contributed by atoms with Crippen LogP contribution in [0.1, 0.15) is 18.1 Å². The first-order valence-corrected chi connectivity index (χ1v) is 8.18. The average molecular weight is 389 g/mol. The average Bonchev–Trinajstić information content (AvgIpc) is 2.40. The Morgan fingerprint density at radius 1 is 1.32 bits per heavy atom. The van der Waals surface area contributed by atoms with Crippen molar-refractivity contribution in [1.29, 1.82) is 0 Å². The lowest BCUT2D eigenvalue weighted by atomic mass is 10.2. The fraction of sp³-hybridized carbons (Fsp3) is 0.357. The summed E-state index contributed by atoms with van der Waals surface area (Å²) in [7, 11) is 0. The standard InChI is InChI=1S/C14H17BrN2O4S/c1-7-5-11(8(2)4-10(7)15)22-6-12(18)21-9(3)13(19)17-14(16)20/h4-5,9H,6H2,1-3H3,(H3,16,17,19,20)/t9-/m0/s1. The summed E-state index contributed by atoms with van der Waals surface area (Å²) in [5.74, 6) is -1.23. The fourth-order valence-corrected chi connectivity index (χ4v) is 2.90. The summed E-state index contributed by atoms with van der Waals surface area (Å²) in [6.07, 6.45) is -1.08. The number of hydrogen-bond donors (Lipinski definition) is 2. The highest BCUT2D eigenvalue weighted by molar-refractivity contribution is 9.10. The van der Waals surface area contributed by atoms with Gasteiger partial charge in [0.2, 0.25) is 0 Å². The molecule has 0 aliphatic rings. The van der Waals surface area contributed by atoms with Gasteiger partial charge in [0, 0.05) is 9.37 Å². The highest BCUT2D eigenvalue weighted by Crippen LogP contribution is 2.28. The quantitative estimate of drug-likeness (QED) is 0.595. The molecule has 3 N–H and O–H groups in total. The van der Waals surface area contributed by atoms with E-state index in [1.807, 2.05) is 31.3 Å². The van der Waals surface area contributed by atoms with Gasteiger partial charge in [-0.2, -0.15) is 0 Å². The predicted molar refractivity (Wildman–Crippen MR) is 87.6 cm³/mol. The van der Waals surface area contributed by atoms with E-state index in [2.05, 4.69) is 15.9 Å². The molecule has 6 nitrogen and oxygen atoms in total. The third-order valence-electron chi connectivity index (χ3n) is 2.73. The minimum absolute atomic E-state index is 0.0656. The van der Waals surface area contributed by atoms with Crippen LogP contribution in [0.15, 0.2) is 21.5 Å². The molecule has 0 saturated heterocycles. The largest absolute Gasteiger partial charge is 0.452 e. The maximum atomic E-state index is 11.7. The zero-order valence-electron chi connectivity index (χ0n) is 12.4. The van der Waals surface area contributed by atoms with E-state index in [1.165, 1.54) is 18.7 Å². The van der Waals surface area contributed by atoms with Crippen LogP contribution < -0.4 is 11.1 Å². The number of aryl methyl sites for hydroxylation is 2. The van der Waals surface area contributed by atoms with Crippen LogP contribution in [-0.4, -0.2) is 29.8 Å². The lowest BCUT2D eigenvalue weighted by Crippen LogP contribution is -2.42. The molecule has 0 spiro atoms. The number of hydrogen-bond acceptors (Lipinski definition) is 5. The highest BCUT2D eigenvalue weighted by atomic mass is 79.9. The van der Waals surface area contributed by atoms with E-state index in [0.717, 1.165) is 20.5 Å². The van der Waals surface area contributed by atoms with Gasteiger partial charge in [-0.3, -0.25) is 14.9 Å². The van der Waals surface area contributed by atoms with E-state index in [0.29, 0.717) is 0 Å². The molecule has 3 amide bonds. The molecule has 120 valence electrons. The summed E-state index contributed by atoms with van der Waals surface area (Å²) in [4.78, 5) is 34.6. The molecule has 0 aliphatic heterocycles. The zero-order valence-corrected chi connectivity index (χ0v) is 14.8.